The number of hydrogen-bond donors (Lipinski definition) is 2. The highest BCUT2D eigenvalue weighted by Crippen LogP contribution is 2.27. The van der Waals surface area contributed by atoms with Crippen molar-refractivity contribution in [1.82, 2.24) is 9.88 Å². The van der Waals surface area contributed by atoms with Crippen molar-refractivity contribution in [3.8, 4) is 0 Å². The van der Waals surface area contributed by atoms with Crippen LogP contribution < -0.4 is 11.1 Å². The number of aromatic nitrogens is 1. The van der Waals surface area contributed by atoms with Crippen molar-refractivity contribution in [2.24, 2.45) is 0 Å². The molecule has 0 saturated heterocycles. The molecule has 0 spiro atoms. The summed E-state index contributed by atoms with van der Waals surface area (Å²) in [6.07, 6.45) is 4.44. The highest BCUT2D eigenvalue weighted by molar-refractivity contribution is 5.60. The van der Waals surface area contributed by atoms with Gasteiger partial charge in [-0.3, -0.25) is 4.90 Å². The normalized spacial score (nSPS) is 17.4. The molecule has 0 bridgehead atoms. The lowest BCUT2D eigenvalue weighted by Crippen LogP contribution is -2.36. The Bertz CT molecular complexity index is 349. The zero-order valence-electron chi connectivity index (χ0n) is 9.98. The summed E-state index contributed by atoms with van der Waals surface area (Å²) in [5.74, 6) is 0.790. The van der Waals surface area contributed by atoms with Gasteiger partial charge in [-0.1, -0.05) is 0 Å². The maximum absolute atomic E-state index is 5.82. The van der Waals surface area contributed by atoms with Crippen LogP contribution in [-0.4, -0.2) is 35.6 Å². The molecule has 1 fully saturated rings. The summed E-state index contributed by atoms with van der Waals surface area (Å²) in [6.45, 7) is 3.11. The van der Waals surface area contributed by atoms with Crippen LogP contribution in [0.25, 0.3) is 0 Å². The Hall–Kier alpha value is -1.29. The molecule has 0 radical (unpaired) electrons. The van der Waals surface area contributed by atoms with Crippen molar-refractivity contribution in [3.63, 3.8) is 0 Å². The smallest absolute Gasteiger partial charge is 0.149 e. The molecule has 1 saturated carbocycles. The van der Waals surface area contributed by atoms with Gasteiger partial charge in [-0.25, -0.2) is 4.98 Å². The minimum Gasteiger partial charge on any atom is -0.396 e. The van der Waals surface area contributed by atoms with Gasteiger partial charge in [0.25, 0.3) is 0 Å². The SMILES string of the molecule is CC(CNc1ncccc1N)N(C)C1CC1. The van der Waals surface area contributed by atoms with Gasteiger partial charge in [-0.2, -0.15) is 0 Å². The molecule has 1 heterocycles. The quantitative estimate of drug-likeness (QED) is 0.790. The van der Waals surface area contributed by atoms with Crippen LogP contribution in [0.4, 0.5) is 11.5 Å². The van der Waals surface area contributed by atoms with Gasteiger partial charge >= 0.3 is 0 Å². The van der Waals surface area contributed by atoms with Crippen LogP contribution in [0.5, 0.6) is 0 Å². The number of likely N-dealkylation sites (N-methyl/N-ethyl adjacent to an activating group) is 1. The Morgan fingerprint density at radius 2 is 2.38 bits per heavy atom. The Morgan fingerprint density at radius 1 is 1.62 bits per heavy atom. The van der Waals surface area contributed by atoms with Crippen LogP contribution in [0.3, 0.4) is 0 Å². The second-order valence-corrected chi connectivity index (χ2v) is 4.57. The molecule has 0 aliphatic heterocycles. The number of nitrogens with one attached hydrogen (secondary N) is 1. The fraction of sp³-hybridized carbons (Fsp3) is 0.583. The van der Waals surface area contributed by atoms with E-state index in [1.807, 2.05) is 12.1 Å². The fourth-order valence-corrected chi connectivity index (χ4v) is 1.80. The number of hydrogen-bond acceptors (Lipinski definition) is 4. The Balaban J connectivity index is 1.84. The van der Waals surface area contributed by atoms with E-state index < -0.39 is 0 Å². The molecular weight excluding hydrogens is 200 g/mol. The van der Waals surface area contributed by atoms with Crippen molar-refractivity contribution >= 4 is 11.5 Å². The number of pyridine rings is 1. The predicted octanol–water partition coefficient (Wildman–Crippen LogP) is 1.56. The predicted molar refractivity (Wildman–Crippen MR) is 67.4 cm³/mol. The van der Waals surface area contributed by atoms with E-state index in [2.05, 4.69) is 29.2 Å². The molecule has 3 N–H and O–H groups in total. The van der Waals surface area contributed by atoms with Crippen molar-refractivity contribution in [3.05, 3.63) is 18.3 Å². The summed E-state index contributed by atoms with van der Waals surface area (Å²) in [5, 5.41) is 3.30. The first-order chi connectivity index (χ1) is 7.68. The van der Waals surface area contributed by atoms with Gasteiger partial charge < -0.3 is 11.1 Å². The lowest BCUT2D eigenvalue weighted by atomic mass is 10.3. The lowest BCUT2D eigenvalue weighted by Gasteiger charge is -2.25. The molecule has 2 rings (SSSR count). The van der Waals surface area contributed by atoms with Crippen LogP contribution in [0.2, 0.25) is 0 Å². The van der Waals surface area contributed by atoms with E-state index in [1.165, 1.54) is 12.8 Å². The molecule has 4 nitrogen and oxygen atoms in total. The number of rotatable bonds is 5. The molecule has 16 heavy (non-hydrogen) atoms. The van der Waals surface area contributed by atoms with Gasteiger partial charge in [0.15, 0.2) is 0 Å². The Kier molecular flexibility index (Phi) is 3.29. The zero-order chi connectivity index (χ0) is 11.5. The zero-order valence-corrected chi connectivity index (χ0v) is 9.98. The van der Waals surface area contributed by atoms with E-state index in [0.717, 1.165) is 18.4 Å². The largest absolute Gasteiger partial charge is 0.396 e. The van der Waals surface area contributed by atoms with E-state index in [1.54, 1.807) is 6.20 Å². The number of nitrogen functional groups attached to an aromatic ring is 1. The maximum Gasteiger partial charge on any atom is 0.149 e. The minimum atomic E-state index is 0.508. The van der Waals surface area contributed by atoms with E-state index in [4.69, 9.17) is 5.73 Å². The van der Waals surface area contributed by atoms with Crippen LogP contribution in [0.1, 0.15) is 19.8 Å². The monoisotopic (exact) mass is 220 g/mol. The average Bonchev–Trinajstić information content (AvgIpc) is 3.10. The molecule has 1 aliphatic carbocycles. The molecule has 1 aromatic rings. The molecular formula is C12H20N4. The number of nitrogens with zero attached hydrogens (tertiary/aromatic N) is 2. The summed E-state index contributed by atoms with van der Waals surface area (Å²) in [7, 11) is 2.19. The van der Waals surface area contributed by atoms with Crippen molar-refractivity contribution < 1.29 is 0 Å². The van der Waals surface area contributed by atoms with E-state index in [0.29, 0.717) is 11.7 Å². The first kappa shape index (κ1) is 11.2. The maximum atomic E-state index is 5.82. The van der Waals surface area contributed by atoms with Crippen LogP contribution in [0.15, 0.2) is 18.3 Å². The van der Waals surface area contributed by atoms with Gasteiger partial charge in [0.2, 0.25) is 0 Å². The summed E-state index contributed by atoms with van der Waals surface area (Å²) in [5.41, 5.74) is 6.53. The van der Waals surface area contributed by atoms with Crippen LogP contribution in [-0.2, 0) is 0 Å². The third-order valence-electron chi connectivity index (χ3n) is 3.22. The highest BCUT2D eigenvalue weighted by atomic mass is 15.2. The summed E-state index contributed by atoms with van der Waals surface area (Å²) < 4.78 is 0. The van der Waals surface area contributed by atoms with Gasteiger partial charge in [0.05, 0.1) is 5.69 Å². The first-order valence-corrected chi connectivity index (χ1v) is 5.85. The highest BCUT2D eigenvalue weighted by Gasteiger charge is 2.28. The van der Waals surface area contributed by atoms with Gasteiger partial charge in [0, 0.05) is 24.8 Å². The molecule has 1 atom stereocenters. The topological polar surface area (TPSA) is 54.2 Å². The van der Waals surface area contributed by atoms with E-state index in [9.17, 15) is 0 Å². The lowest BCUT2D eigenvalue weighted by molar-refractivity contribution is 0.257. The van der Waals surface area contributed by atoms with Crippen molar-refractivity contribution in [1.29, 1.82) is 0 Å². The summed E-state index contributed by atoms with van der Waals surface area (Å²) in [6, 6.07) is 5.01. The van der Waals surface area contributed by atoms with Crippen LogP contribution in [0, 0.1) is 0 Å². The van der Waals surface area contributed by atoms with Crippen LogP contribution >= 0.6 is 0 Å². The number of anilines is 2. The third-order valence-corrected chi connectivity index (χ3v) is 3.22. The minimum absolute atomic E-state index is 0.508. The Morgan fingerprint density at radius 3 is 3.00 bits per heavy atom. The average molecular weight is 220 g/mol. The Labute approximate surface area is 96.8 Å². The second-order valence-electron chi connectivity index (χ2n) is 4.57. The second kappa shape index (κ2) is 4.70. The molecule has 1 aliphatic rings. The summed E-state index contributed by atoms with van der Waals surface area (Å²) >= 11 is 0. The van der Waals surface area contributed by atoms with Crippen molar-refractivity contribution in [2.45, 2.75) is 31.8 Å². The molecule has 1 unspecified atom stereocenters. The molecule has 1 aromatic heterocycles. The number of nitrogens with two attached hydrogens (primary N) is 1. The summed E-state index contributed by atoms with van der Waals surface area (Å²) in [4.78, 5) is 6.64. The van der Waals surface area contributed by atoms with E-state index in [-0.39, 0.29) is 0 Å². The molecule has 0 amide bonds. The van der Waals surface area contributed by atoms with E-state index >= 15 is 0 Å². The van der Waals surface area contributed by atoms with Gasteiger partial charge in [-0.05, 0) is 38.9 Å². The molecule has 4 heteroatoms. The molecule has 0 aromatic carbocycles. The standard InChI is InChI=1S/C12H20N4/c1-9(16(2)10-5-6-10)8-15-12-11(13)4-3-7-14-12/h3-4,7,9-10H,5-6,8,13H2,1-2H3,(H,14,15). The molecule has 88 valence electrons. The van der Waals surface area contributed by atoms with Gasteiger partial charge in [0.1, 0.15) is 5.82 Å². The first-order valence-electron chi connectivity index (χ1n) is 5.85. The third kappa shape index (κ3) is 2.64. The van der Waals surface area contributed by atoms with Gasteiger partial charge in [-0.15, -0.1) is 0 Å². The van der Waals surface area contributed by atoms with Crippen molar-refractivity contribution in [2.75, 3.05) is 24.6 Å². The fourth-order valence-electron chi connectivity index (χ4n) is 1.80.